The number of ether oxygens (including phenoxy) is 2. The number of esters is 1. The van der Waals surface area contributed by atoms with Crippen LogP contribution in [0.2, 0.25) is 0 Å². The highest BCUT2D eigenvalue weighted by Gasteiger charge is 2.07. The van der Waals surface area contributed by atoms with Gasteiger partial charge in [-0.05, 0) is 42.0 Å². The number of nitrogens with zero attached hydrogens (tertiary/aromatic N) is 2. The van der Waals surface area contributed by atoms with Crippen LogP contribution < -0.4 is 10.1 Å². The minimum absolute atomic E-state index is 0.368. The lowest BCUT2D eigenvalue weighted by Gasteiger charge is -2.03. The van der Waals surface area contributed by atoms with Crippen LogP contribution in [0.5, 0.6) is 5.75 Å². The number of carbonyl (C=O) groups excluding carboxylic acids is 1. The third-order valence-electron chi connectivity index (χ3n) is 3.54. The van der Waals surface area contributed by atoms with Crippen LogP contribution in [0.1, 0.15) is 15.9 Å². The molecule has 0 amide bonds. The Labute approximate surface area is 155 Å². The van der Waals surface area contributed by atoms with Crippen molar-refractivity contribution in [3.8, 4) is 5.75 Å². The second-order valence-electron chi connectivity index (χ2n) is 5.30. The van der Waals surface area contributed by atoms with Gasteiger partial charge in [0, 0.05) is 11.4 Å². The Morgan fingerprint density at radius 3 is 2.73 bits per heavy atom. The monoisotopic (exact) mass is 370 g/mol. The molecule has 0 fully saturated rings. The zero-order valence-corrected chi connectivity index (χ0v) is 15.2. The maximum atomic E-state index is 11.4. The van der Waals surface area contributed by atoms with Gasteiger partial charge in [0.15, 0.2) is 0 Å². The Morgan fingerprint density at radius 1 is 1.19 bits per heavy atom. The van der Waals surface area contributed by atoms with Crippen molar-refractivity contribution in [2.45, 2.75) is 10.9 Å². The van der Waals surface area contributed by atoms with Crippen molar-refractivity contribution >= 4 is 29.4 Å². The van der Waals surface area contributed by atoms with Crippen molar-refractivity contribution in [2.75, 3.05) is 19.5 Å². The Morgan fingerprint density at radius 2 is 2.00 bits per heavy atom. The molecule has 1 aromatic heterocycles. The maximum absolute atomic E-state index is 11.4. The highest BCUT2D eigenvalue weighted by molar-refractivity contribution is 7.98. The Kier molecular flexibility index (Phi) is 5.75. The number of hydrogen-bond acceptors (Lipinski definition) is 7. The predicted octanol–water partition coefficient (Wildman–Crippen LogP) is 3.64. The summed E-state index contributed by atoms with van der Waals surface area (Å²) in [5.74, 6) is 1.73. The van der Waals surface area contributed by atoms with Gasteiger partial charge in [0.1, 0.15) is 5.75 Å². The smallest absolute Gasteiger partial charge is 0.337 e. The molecule has 3 rings (SSSR count). The van der Waals surface area contributed by atoms with Crippen molar-refractivity contribution in [3.05, 3.63) is 59.7 Å². The highest BCUT2D eigenvalue weighted by Crippen LogP contribution is 2.23. The molecule has 0 saturated heterocycles. The van der Waals surface area contributed by atoms with E-state index in [4.69, 9.17) is 4.74 Å². The zero-order valence-electron chi connectivity index (χ0n) is 14.4. The lowest BCUT2D eigenvalue weighted by atomic mass is 10.2. The summed E-state index contributed by atoms with van der Waals surface area (Å²) >= 11 is 1.52. The van der Waals surface area contributed by atoms with Crippen molar-refractivity contribution in [3.63, 3.8) is 0 Å². The first-order valence-corrected chi connectivity index (χ1v) is 8.80. The van der Waals surface area contributed by atoms with Crippen LogP contribution in [0, 0.1) is 0 Å². The summed E-state index contributed by atoms with van der Waals surface area (Å²) < 4.78 is 9.90. The molecule has 0 atom stereocenters. The van der Waals surface area contributed by atoms with Crippen molar-refractivity contribution in [2.24, 2.45) is 0 Å². The molecular formula is C18H18N4O3S. The Balaban J connectivity index is 1.58. The molecule has 2 aromatic carbocycles. The first kappa shape index (κ1) is 17.8. The molecule has 3 aromatic rings. The molecule has 0 bridgehead atoms. The molecule has 8 heteroatoms. The second kappa shape index (κ2) is 8.39. The zero-order chi connectivity index (χ0) is 18.4. The summed E-state index contributed by atoms with van der Waals surface area (Å²) in [6.45, 7) is 0. The number of aromatic nitrogens is 3. The molecule has 0 radical (unpaired) electrons. The third kappa shape index (κ3) is 4.54. The molecule has 1 heterocycles. The average Bonchev–Trinajstić information content (AvgIpc) is 3.14. The fourth-order valence-electron chi connectivity index (χ4n) is 2.22. The number of nitrogens with one attached hydrogen (secondary N) is 2. The summed E-state index contributed by atoms with van der Waals surface area (Å²) in [4.78, 5) is 15.8. The first-order chi connectivity index (χ1) is 12.7. The van der Waals surface area contributed by atoms with E-state index in [9.17, 15) is 4.79 Å². The van der Waals surface area contributed by atoms with E-state index >= 15 is 0 Å². The van der Waals surface area contributed by atoms with Crippen LogP contribution in [-0.2, 0) is 10.5 Å². The van der Waals surface area contributed by atoms with Crippen LogP contribution in [-0.4, -0.2) is 35.4 Å². The van der Waals surface area contributed by atoms with E-state index in [-0.39, 0.29) is 5.97 Å². The van der Waals surface area contributed by atoms with Gasteiger partial charge in [-0.1, -0.05) is 23.9 Å². The fraction of sp³-hybridized carbons (Fsp3) is 0.167. The molecule has 0 aliphatic rings. The number of thioether (sulfide) groups is 1. The first-order valence-electron chi connectivity index (χ1n) is 7.81. The van der Waals surface area contributed by atoms with Gasteiger partial charge in [0.2, 0.25) is 11.1 Å². The van der Waals surface area contributed by atoms with E-state index < -0.39 is 0 Å². The number of anilines is 2. The summed E-state index contributed by atoms with van der Waals surface area (Å²) in [7, 11) is 3.00. The molecular weight excluding hydrogens is 352 g/mol. The van der Waals surface area contributed by atoms with E-state index in [1.165, 1.54) is 18.9 Å². The van der Waals surface area contributed by atoms with Crippen molar-refractivity contribution < 1.29 is 14.3 Å². The molecule has 26 heavy (non-hydrogen) atoms. The predicted molar refractivity (Wildman–Crippen MR) is 100 cm³/mol. The van der Waals surface area contributed by atoms with Gasteiger partial charge in [0.25, 0.3) is 0 Å². The Hall–Kier alpha value is -3.00. The second-order valence-corrected chi connectivity index (χ2v) is 6.24. The summed E-state index contributed by atoms with van der Waals surface area (Å²) in [6.07, 6.45) is 0. The SMILES string of the molecule is COC(=O)c1ccc(Nc2nc(SCc3cccc(OC)c3)n[nH]2)cc1. The van der Waals surface area contributed by atoms with E-state index in [1.807, 2.05) is 24.3 Å². The van der Waals surface area contributed by atoms with Gasteiger partial charge in [-0.2, -0.15) is 4.98 Å². The quantitative estimate of drug-likeness (QED) is 0.485. The van der Waals surface area contributed by atoms with Gasteiger partial charge in [-0.3, -0.25) is 0 Å². The normalized spacial score (nSPS) is 10.4. The van der Waals surface area contributed by atoms with E-state index in [1.54, 1.807) is 31.4 Å². The van der Waals surface area contributed by atoms with Crippen LogP contribution in [0.15, 0.2) is 53.7 Å². The minimum Gasteiger partial charge on any atom is -0.497 e. The topological polar surface area (TPSA) is 89.1 Å². The van der Waals surface area contributed by atoms with Crippen LogP contribution >= 0.6 is 11.8 Å². The highest BCUT2D eigenvalue weighted by atomic mass is 32.2. The van der Waals surface area contributed by atoms with Gasteiger partial charge in [-0.15, -0.1) is 5.10 Å². The van der Waals surface area contributed by atoms with Crippen molar-refractivity contribution in [1.29, 1.82) is 0 Å². The molecule has 0 aliphatic carbocycles. The van der Waals surface area contributed by atoms with Crippen LogP contribution in [0.25, 0.3) is 0 Å². The standard InChI is InChI=1S/C18H18N4O3S/c1-24-15-5-3-4-12(10-15)11-26-18-20-17(21-22-18)19-14-8-6-13(7-9-14)16(23)25-2/h3-10H,11H2,1-2H3,(H2,19,20,21,22). The lowest BCUT2D eigenvalue weighted by Crippen LogP contribution is -2.01. The average molecular weight is 370 g/mol. The maximum Gasteiger partial charge on any atom is 0.337 e. The number of benzene rings is 2. The number of rotatable bonds is 7. The largest absolute Gasteiger partial charge is 0.497 e. The summed E-state index contributed by atoms with van der Waals surface area (Å²) in [5.41, 5.74) is 2.41. The van der Waals surface area contributed by atoms with Gasteiger partial charge >= 0.3 is 5.97 Å². The molecule has 7 nitrogen and oxygen atoms in total. The molecule has 0 spiro atoms. The third-order valence-corrected chi connectivity index (χ3v) is 4.45. The van der Waals surface area contributed by atoms with Gasteiger partial charge < -0.3 is 14.8 Å². The fourth-order valence-corrected chi connectivity index (χ4v) is 2.96. The van der Waals surface area contributed by atoms with Gasteiger partial charge in [-0.25, -0.2) is 9.89 Å². The van der Waals surface area contributed by atoms with Crippen LogP contribution in [0.3, 0.4) is 0 Å². The Bertz CT molecular complexity index is 880. The van der Waals surface area contributed by atoms with Gasteiger partial charge in [0.05, 0.1) is 19.8 Å². The number of hydrogen-bond donors (Lipinski definition) is 2. The van der Waals surface area contributed by atoms with E-state index in [2.05, 4.69) is 25.2 Å². The molecule has 2 N–H and O–H groups in total. The lowest BCUT2D eigenvalue weighted by molar-refractivity contribution is 0.0601. The number of aromatic amines is 1. The van der Waals surface area contributed by atoms with Crippen LogP contribution in [0.4, 0.5) is 11.6 Å². The molecule has 0 saturated carbocycles. The number of methoxy groups -OCH3 is 2. The minimum atomic E-state index is -0.368. The number of H-pyrrole nitrogens is 1. The molecule has 0 unspecified atom stereocenters. The number of carbonyl (C=O) groups is 1. The summed E-state index contributed by atoms with van der Waals surface area (Å²) in [5, 5.41) is 10.8. The molecule has 134 valence electrons. The van der Waals surface area contributed by atoms with Crippen molar-refractivity contribution in [1.82, 2.24) is 15.2 Å². The molecule has 0 aliphatic heterocycles. The summed E-state index contributed by atoms with van der Waals surface area (Å²) in [6, 6.07) is 14.8. The van der Waals surface area contributed by atoms with E-state index in [0.717, 1.165) is 22.8 Å². The van der Waals surface area contributed by atoms with E-state index in [0.29, 0.717) is 16.7 Å².